The van der Waals surface area contributed by atoms with Crippen molar-refractivity contribution >= 4 is 27.6 Å². The highest BCUT2D eigenvalue weighted by molar-refractivity contribution is 6.14. The molecular weight excluding hydrogens is 402 g/mol. The van der Waals surface area contributed by atoms with E-state index >= 15 is 0 Å². The van der Waals surface area contributed by atoms with Gasteiger partial charge in [0, 0.05) is 27.6 Å². The van der Waals surface area contributed by atoms with Crippen molar-refractivity contribution in [2.45, 2.75) is 0 Å². The summed E-state index contributed by atoms with van der Waals surface area (Å²) >= 11 is 0. The van der Waals surface area contributed by atoms with Crippen LogP contribution in [0.25, 0.3) is 38.6 Å². The molecule has 156 valence electrons. The third kappa shape index (κ3) is 3.24. The first-order chi connectivity index (χ1) is 16.3. The minimum absolute atomic E-state index is 0.0398. The third-order valence-electron chi connectivity index (χ3n) is 6.21. The van der Waals surface area contributed by atoms with E-state index in [-0.39, 0.29) is 5.78 Å². The molecule has 6 aromatic rings. The summed E-state index contributed by atoms with van der Waals surface area (Å²) in [5, 5.41) is 2.37. The van der Waals surface area contributed by atoms with Gasteiger partial charge in [0.1, 0.15) is 0 Å². The first kappa shape index (κ1) is 19.3. The fraction of sp³-hybridized carbons (Fsp3) is 0. The summed E-state index contributed by atoms with van der Waals surface area (Å²) in [5.41, 5.74) is 6.86. The summed E-state index contributed by atoms with van der Waals surface area (Å²) < 4.78 is 2.30. The van der Waals surface area contributed by atoms with E-state index in [1.165, 1.54) is 16.3 Å². The summed E-state index contributed by atoms with van der Waals surface area (Å²) in [6, 6.07) is 42.8. The average molecular weight is 424 g/mol. The SMILES string of the molecule is O=C(c1ccccc1)c1ccccc1-c1ccc2c(c1)c1ccccc1n2-c1ccccc1. The molecule has 0 aliphatic heterocycles. The molecule has 6 rings (SSSR count). The van der Waals surface area contributed by atoms with Crippen LogP contribution in [0.2, 0.25) is 0 Å². The van der Waals surface area contributed by atoms with Gasteiger partial charge in [-0.3, -0.25) is 4.79 Å². The molecule has 0 radical (unpaired) electrons. The molecule has 1 aromatic heterocycles. The lowest BCUT2D eigenvalue weighted by molar-refractivity contribution is 0.103. The lowest BCUT2D eigenvalue weighted by Crippen LogP contribution is -2.03. The maximum Gasteiger partial charge on any atom is 0.193 e. The smallest absolute Gasteiger partial charge is 0.193 e. The zero-order valence-corrected chi connectivity index (χ0v) is 18.0. The van der Waals surface area contributed by atoms with Crippen molar-refractivity contribution < 1.29 is 4.79 Å². The van der Waals surface area contributed by atoms with Crippen molar-refractivity contribution in [3.63, 3.8) is 0 Å². The van der Waals surface area contributed by atoms with Gasteiger partial charge >= 0.3 is 0 Å². The highest BCUT2D eigenvalue weighted by Gasteiger charge is 2.17. The van der Waals surface area contributed by atoms with E-state index in [1.807, 2.05) is 60.7 Å². The zero-order chi connectivity index (χ0) is 22.2. The molecule has 0 N–H and O–H groups in total. The number of carbonyl (C=O) groups excluding carboxylic acids is 1. The number of aromatic nitrogens is 1. The number of rotatable bonds is 4. The minimum atomic E-state index is 0.0398. The summed E-state index contributed by atoms with van der Waals surface area (Å²) in [4.78, 5) is 13.3. The van der Waals surface area contributed by atoms with Crippen molar-refractivity contribution in [3.8, 4) is 16.8 Å². The Labute approximate surface area is 192 Å². The molecule has 0 spiro atoms. The van der Waals surface area contributed by atoms with E-state index in [9.17, 15) is 4.79 Å². The highest BCUT2D eigenvalue weighted by Crippen LogP contribution is 2.35. The van der Waals surface area contributed by atoms with Gasteiger partial charge in [-0.25, -0.2) is 0 Å². The summed E-state index contributed by atoms with van der Waals surface area (Å²) in [6.07, 6.45) is 0. The Balaban J connectivity index is 1.57. The predicted octanol–water partition coefficient (Wildman–Crippen LogP) is 7.68. The fourth-order valence-corrected chi connectivity index (χ4v) is 4.67. The summed E-state index contributed by atoms with van der Waals surface area (Å²) in [6.45, 7) is 0. The predicted molar refractivity (Wildman–Crippen MR) is 136 cm³/mol. The van der Waals surface area contributed by atoms with E-state index in [1.54, 1.807) is 0 Å². The number of hydrogen-bond donors (Lipinski definition) is 0. The van der Waals surface area contributed by atoms with Crippen LogP contribution >= 0.6 is 0 Å². The van der Waals surface area contributed by atoms with Crippen LogP contribution in [0.1, 0.15) is 15.9 Å². The van der Waals surface area contributed by atoms with Crippen LogP contribution in [-0.4, -0.2) is 10.4 Å². The first-order valence-electron chi connectivity index (χ1n) is 11.1. The zero-order valence-electron chi connectivity index (χ0n) is 18.0. The van der Waals surface area contributed by atoms with Gasteiger partial charge in [-0.05, 0) is 41.5 Å². The molecule has 1 heterocycles. The van der Waals surface area contributed by atoms with Crippen molar-refractivity contribution in [2.24, 2.45) is 0 Å². The van der Waals surface area contributed by atoms with Crippen LogP contribution in [-0.2, 0) is 0 Å². The van der Waals surface area contributed by atoms with Crippen LogP contribution in [0.5, 0.6) is 0 Å². The molecular formula is C31H21NO. The number of hydrogen-bond acceptors (Lipinski definition) is 1. The molecule has 0 aliphatic carbocycles. The molecule has 5 aromatic carbocycles. The van der Waals surface area contributed by atoms with Gasteiger partial charge in [-0.15, -0.1) is 0 Å². The molecule has 0 fully saturated rings. The second-order valence-electron chi connectivity index (χ2n) is 8.16. The Bertz CT molecular complexity index is 1610. The van der Waals surface area contributed by atoms with Gasteiger partial charge in [-0.2, -0.15) is 0 Å². The topological polar surface area (TPSA) is 22.0 Å². The van der Waals surface area contributed by atoms with E-state index in [0.29, 0.717) is 5.56 Å². The number of nitrogens with zero attached hydrogens (tertiary/aromatic N) is 1. The summed E-state index contributed by atoms with van der Waals surface area (Å²) in [7, 11) is 0. The van der Waals surface area contributed by atoms with Crippen LogP contribution in [0.4, 0.5) is 0 Å². The van der Waals surface area contributed by atoms with E-state index in [0.717, 1.165) is 27.9 Å². The molecule has 0 unspecified atom stereocenters. The van der Waals surface area contributed by atoms with Gasteiger partial charge in [0.15, 0.2) is 5.78 Å². The number of para-hydroxylation sites is 2. The number of benzene rings is 5. The molecule has 0 saturated carbocycles. The Morgan fingerprint density at radius 1 is 0.545 bits per heavy atom. The molecule has 2 heteroatoms. The van der Waals surface area contributed by atoms with Crippen molar-refractivity contribution in [3.05, 3.63) is 139 Å². The van der Waals surface area contributed by atoms with Gasteiger partial charge in [0.05, 0.1) is 11.0 Å². The van der Waals surface area contributed by atoms with E-state index < -0.39 is 0 Å². The number of carbonyl (C=O) groups is 1. The lowest BCUT2D eigenvalue weighted by Gasteiger charge is -2.11. The van der Waals surface area contributed by atoms with Gasteiger partial charge in [0.25, 0.3) is 0 Å². The van der Waals surface area contributed by atoms with Crippen molar-refractivity contribution in [2.75, 3.05) is 0 Å². The van der Waals surface area contributed by atoms with Crippen LogP contribution < -0.4 is 0 Å². The van der Waals surface area contributed by atoms with Crippen LogP contribution in [0, 0.1) is 0 Å². The molecule has 0 bridgehead atoms. The number of ketones is 1. The van der Waals surface area contributed by atoms with Crippen molar-refractivity contribution in [1.29, 1.82) is 0 Å². The summed E-state index contributed by atoms with van der Waals surface area (Å²) in [5.74, 6) is 0.0398. The Kier molecular flexibility index (Phi) is 4.63. The molecule has 0 aliphatic rings. The average Bonchev–Trinajstić information content (AvgIpc) is 3.23. The molecule has 0 atom stereocenters. The second kappa shape index (κ2) is 7.92. The fourth-order valence-electron chi connectivity index (χ4n) is 4.67. The van der Waals surface area contributed by atoms with Crippen molar-refractivity contribution in [1.82, 2.24) is 4.57 Å². The van der Waals surface area contributed by atoms with E-state index in [4.69, 9.17) is 0 Å². The largest absolute Gasteiger partial charge is 0.309 e. The monoisotopic (exact) mass is 423 g/mol. The maximum atomic E-state index is 13.3. The van der Waals surface area contributed by atoms with Gasteiger partial charge < -0.3 is 4.57 Å². The van der Waals surface area contributed by atoms with Crippen LogP contribution in [0.15, 0.2) is 127 Å². The van der Waals surface area contributed by atoms with Gasteiger partial charge in [-0.1, -0.05) is 97.1 Å². The Morgan fingerprint density at radius 2 is 1.18 bits per heavy atom. The standard InChI is InChI=1S/C31H21NO/c33-31(22-11-3-1-4-12-22)27-17-8-7-15-25(27)23-19-20-30-28(21-23)26-16-9-10-18-29(26)32(30)24-13-5-2-6-14-24/h1-21H. The van der Waals surface area contributed by atoms with Crippen LogP contribution in [0.3, 0.4) is 0 Å². The maximum absolute atomic E-state index is 13.3. The lowest BCUT2D eigenvalue weighted by atomic mass is 9.93. The molecule has 33 heavy (non-hydrogen) atoms. The Hall–Kier alpha value is -4.43. The third-order valence-corrected chi connectivity index (χ3v) is 6.21. The molecule has 2 nitrogen and oxygen atoms in total. The first-order valence-corrected chi connectivity index (χ1v) is 11.1. The quantitative estimate of drug-likeness (QED) is 0.267. The Morgan fingerprint density at radius 3 is 2.00 bits per heavy atom. The normalized spacial score (nSPS) is 11.2. The second-order valence-corrected chi connectivity index (χ2v) is 8.16. The highest BCUT2D eigenvalue weighted by atomic mass is 16.1. The number of fused-ring (bicyclic) bond motifs is 3. The molecule has 0 saturated heterocycles. The van der Waals surface area contributed by atoms with E-state index in [2.05, 4.69) is 71.3 Å². The molecule has 0 amide bonds. The minimum Gasteiger partial charge on any atom is -0.309 e. The van der Waals surface area contributed by atoms with Gasteiger partial charge in [0.2, 0.25) is 0 Å².